The van der Waals surface area contributed by atoms with Gasteiger partial charge < -0.3 is 9.80 Å². The first-order chi connectivity index (χ1) is 26.8. The second-order valence-electron chi connectivity index (χ2n) is 11.2. The Morgan fingerprint density at radius 2 is 0.481 bits per heavy atom. The van der Waals surface area contributed by atoms with E-state index in [1.807, 2.05) is 69.2 Å². The van der Waals surface area contributed by atoms with Gasteiger partial charge in [0.15, 0.2) is 0 Å². The summed E-state index contributed by atoms with van der Waals surface area (Å²) in [5.41, 5.74) is 10.0. The number of hydrogen-bond acceptors (Lipinski definition) is 2. The monoisotopic (exact) mass is 721 g/mol. The predicted octanol–water partition coefficient (Wildman–Crippen LogP) is 15.4. The van der Waals surface area contributed by atoms with E-state index in [1.165, 1.54) is 44.8 Å². The van der Waals surface area contributed by atoms with Crippen molar-refractivity contribution in [1.82, 2.24) is 0 Å². The van der Waals surface area contributed by atoms with Crippen LogP contribution in [0.1, 0.15) is 103 Å². The van der Waals surface area contributed by atoms with Crippen LogP contribution in [0.25, 0.3) is 12.2 Å². The molecule has 0 atom stereocenters. The summed E-state index contributed by atoms with van der Waals surface area (Å²) in [7, 11) is 0. The Hall–Kier alpha value is -5.34. The normalized spacial score (nSPS) is 9.52. The second kappa shape index (κ2) is 30.2. The largest absolute Gasteiger partial charge is 0.363 e. The molecule has 0 fully saturated rings. The summed E-state index contributed by atoms with van der Waals surface area (Å²) in [6, 6.07) is 60.6. The minimum absolute atomic E-state index is 0.864. The molecule has 0 aromatic heterocycles. The first kappa shape index (κ1) is 46.7. The summed E-state index contributed by atoms with van der Waals surface area (Å²) in [4.78, 5) is 4.88. The van der Waals surface area contributed by atoms with Crippen LogP contribution in [0.5, 0.6) is 0 Å². The molecule has 0 unspecified atom stereocenters. The Kier molecular flexibility index (Phi) is 26.1. The van der Waals surface area contributed by atoms with E-state index in [1.54, 1.807) is 0 Å². The van der Waals surface area contributed by atoms with Gasteiger partial charge in [-0.25, -0.2) is 0 Å². The third-order valence-corrected chi connectivity index (χ3v) is 7.85. The quantitative estimate of drug-likeness (QED) is 0.116. The van der Waals surface area contributed by atoms with Crippen LogP contribution in [0.4, 0.5) is 11.4 Å². The van der Waals surface area contributed by atoms with Gasteiger partial charge in [0.25, 0.3) is 0 Å². The molecule has 0 radical (unpaired) electrons. The van der Waals surface area contributed by atoms with E-state index in [9.17, 15) is 0 Å². The SMILES string of the molecule is C(=Cc1ccc(N(Cc2ccccc2)Cc2ccccc2)cc1)c1ccc(N(Cc2ccccc2)Cc2ccccc2)cc1.CC.CC.CC.CC.CC. The highest BCUT2D eigenvalue weighted by Crippen LogP contribution is 2.24. The fraction of sp³-hybridized carbons (Fsp3) is 0.269. The van der Waals surface area contributed by atoms with Crippen LogP contribution in [-0.4, -0.2) is 0 Å². The molecule has 0 N–H and O–H groups in total. The topological polar surface area (TPSA) is 6.48 Å². The summed E-state index contributed by atoms with van der Waals surface area (Å²) in [6.45, 7) is 23.5. The van der Waals surface area contributed by atoms with Gasteiger partial charge in [-0.1, -0.05) is 227 Å². The molecule has 0 bridgehead atoms. The fourth-order valence-electron chi connectivity index (χ4n) is 5.48. The van der Waals surface area contributed by atoms with E-state index in [0.717, 1.165) is 26.2 Å². The maximum absolute atomic E-state index is 2.44. The van der Waals surface area contributed by atoms with Crippen molar-refractivity contribution in [1.29, 1.82) is 0 Å². The van der Waals surface area contributed by atoms with Crippen LogP contribution in [0.3, 0.4) is 0 Å². The summed E-state index contributed by atoms with van der Waals surface area (Å²) in [5.74, 6) is 0. The molecule has 2 heteroatoms. The van der Waals surface area contributed by atoms with E-state index in [-0.39, 0.29) is 0 Å². The lowest BCUT2D eigenvalue weighted by molar-refractivity contribution is 0.800. The number of rotatable bonds is 12. The van der Waals surface area contributed by atoms with Crippen LogP contribution in [0.15, 0.2) is 170 Å². The lowest BCUT2D eigenvalue weighted by atomic mass is 10.1. The zero-order chi connectivity index (χ0) is 39.8. The van der Waals surface area contributed by atoms with Gasteiger partial charge in [-0.2, -0.15) is 0 Å². The number of anilines is 2. The number of hydrogen-bond donors (Lipinski definition) is 0. The molecule has 0 aliphatic rings. The van der Waals surface area contributed by atoms with Crippen LogP contribution in [-0.2, 0) is 26.2 Å². The lowest BCUT2D eigenvalue weighted by Crippen LogP contribution is -2.22. The molecule has 6 aromatic carbocycles. The Bertz CT molecular complexity index is 1500. The molecule has 0 aliphatic heterocycles. The molecule has 0 aliphatic carbocycles. The molecular formula is C52H68N2. The van der Waals surface area contributed by atoms with Gasteiger partial charge in [-0.05, 0) is 57.6 Å². The second-order valence-corrected chi connectivity index (χ2v) is 11.2. The van der Waals surface area contributed by atoms with E-state index in [4.69, 9.17) is 0 Å². The molecule has 54 heavy (non-hydrogen) atoms. The van der Waals surface area contributed by atoms with E-state index < -0.39 is 0 Å². The maximum atomic E-state index is 2.44. The number of benzene rings is 6. The lowest BCUT2D eigenvalue weighted by Gasteiger charge is -2.25. The van der Waals surface area contributed by atoms with Crippen molar-refractivity contribution < 1.29 is 0 Å². The van der Waals surface area contributed by atoms with Gasteiger partial charge in [0, 0.05) is 37.6 Å². The van der Waals surface area contributed by atoms with Crippen LogP contribution in [0.2, 0.25) is 0 Å². The van der Waals surface area contributed by atoms with Crippen LogP contribution >= 0.6 is 0 Å². The van der Waals surface area contributed by atoms with Crippen molar-refractivity contribution in [3.05, 3.63) is 203 Å². The van der Waals surface area contributed by atoms with Crippen molar-refractivity contribution in [2.75, 3.05) is 9.80 Å². The van der Waals surface area contributed by atoms with Crippen molar-refractivity contribution in [3.63, 3.8) is 0 Å². The third-order valence-electron chi connectivity index (χ3n) is 7.85. The highest BCUT2D eigenvalue weighted by molar-refractivity contribution is 5.71. The molecule has 0 amide bonds. The predicted molar refractivity (Wildman–Crippen MR) is 244 cm³/mol. The van der Waals surface area contributed by atoms with Gasteiger partial charge in [0.05, 0.1) is 0 Å². The maximum Gasteiger partial charge on any atom is 0.0433 e. The minimum atomic E-state index is 0.864. The molecule has 0 spiro atoms. The van der Waals surface area contributed by atoms with Crippen molar-refractivity contribution in [2.24, 2.45) is 0 Å². The first-order valence-electron chi connectivity index (χ1n) is 20.3. The Labute approximate surface area is 330 Å². The molecular weight excluding hydrogens is 653 g/mol. The van der Waals surface area contributed by atoms with E-state index in [0.29, 0.717) is 0 Å². The molecule has 2 nitrogen and oxygen atoms in total. The Morgan fingerprint density at radius 3 is 0.685 bits per heavy atom. The van der Waals surface area contributed by atoms with E-state index in [2.05, 4.69) is 192 Å². The van der Waals surface area contributed by atoms with E-state index >= 15 is 0 Å². The summed E-state index contributed by atoms with van der Waals surface area (Å²) in [5, 5.41) is 0. The van der Waals surface area contributed by atoms with Crippen molar-refractivity contribution in [3.8, 4) is 0 Å². The minimum Gasteiger partial charge on any atom is -0.363 e. The average Bonchev–Trinajstić information content (AvgIpc) is 3.28. The zero-order valence-corrected chi connectivity index (χ0v) is 35.0. The number of nitrogens with zero attached hydrogens (tertiary/aromatic N) is 2. The molecule has 0 saturated heterocycles. The average molecular weight is 721 g/mol. The summed E-state index contributed by atoms with van der Waals surface area (Å²) in [6.07, 6.45) is 4.40. The summed E-state index contributed by atoms with van der Waals surface area (Å²) >= 11 is 0. The Balaban J connectivity index is 0.00000135. The highest BCUT2D eigenvalue weighted by atomic mass is 15.1. The molecule has 6 aromatic rings. The van der Waals surface area contributed by atoms with Gasteiger partial charge >= 0.3 is 0 Å². The van der Waals surface area contributed by atoms with Crippen molar-refractivity contribution >= 4 is 23.5 Å². The van der Waals surface area contributed by atoms with Crippen LogP contribution < -0.4 is 9.80 Å². The van der Waals surface area contributed by atoms with Gasteiger partial charge in [0.1, 0.15) is 0 Å². The van der Waals surface area contributed by atoms with Crippen molar-refractivity contribution in [2.45, 2.75) is 95.4 Å². The third kappa shape index (κ3) is 17.0. The molecule has 6 rings (SSSR count). The molecule has 286 valence electrons. The zero-order valence-electron chi connectivity index (χ0n) is 35.0. The fourth-order valence-corrected chi connectivity index (χ4v) is 5.48. The molecule has 0 heterocycles. The van der Waals surface area contributed by atoms with Gasteiger partial charge in [-0.3, -0.25) is 0 Å². The highest BCUT2D eigenvalue weighted by Gasteiger charge is 2.10. The van der Waals surface area contributed by atoms with Gasteiger partial charge in [-0.15, -0.1) is 0 Å². The molecule has 0 saturated carbocycles. The Morgan fingerprint density at radius 1 is 0.278 bits per heavy atom. The smallest absolute Gasteiger partial charge is 0.0433 e. The summed E-state index contributed by atoms with van der Waals surface area (Å²) < 4.78 is 0. The first-order valence-corrected chi connectivity index (χ1v) is 20.3. The standard InChI is InChI=1S/C42H38N2.5C2H6/c1-5-13-37(14-6-1)31-43(32-38-15-7-2-8-16-38)41-27-23-35(24-28-41)21-22-36-25-29-42(30-26-36)44(33-39-17-9-3-10-18-39)34-40-19-11-4-12-20-40;5*1-2/h1-30H,31-34H2;5*1-2H3. The van der Waals surface area contributed by atoms with Crippen LogP contribution in [0, 0.1) is 0 Å². The van der Waals surface area contributed by atoms with Gasteiger partial charge in [0.2, 0.25) is 0 Å².